The Morgan fingerprint density at radius 2 is 2.11 bits per heavy atom. The third kappa shape index (κ3) is 1.99. The molecular weight excluding hydrogens is 339 g/mol. The van der Waals surface area contributed by atoms with Gasteiger partial charge < -0.3 is 5.73 Å². The Labute approximate surface area is 118 Å². The number of nitrogens with two attached hydrogens (primary N) is 1. The largest absolute Gasteiger partial charge is 0.326 e. The van der Waals surface area contributed by atoms with Crippen LogP contribution in [-0.4, -0.2) is 14.8 Å². The Hall–Kier alpha value is -1.47. The first-order valence-electron chi connectivity index (χ1n) is 5.57. The highest BCUT2D eigenvalue weighted by Crippen LogP contribution is 2.19. The number of hydrogen-bond donors (Lipinski definition) is 1. The summed E-state index contributed by atoms with van der Waals surface area (Å²) in [5.41, 5.74) is 7.75. The predicted molar refractivity (Wildman–Crippen MR) is 79.5 cm³/mol. The van der Waals surface area contributed by atoms with Crippen LogP contribution in [0.2, 0.25) is 0 Å². The zero-order valence-corrected chi connectivity index (χ0v) is 11.7. The number of para-hydroxylation sites is 1. The first-order valence-corrected chi connectivity index (χ1v) is 6.65. The quantitative estimate of drug-likeness (QED) is 0.723. The molecule has 0 aliphatic heterocycles. The summed E-state index contributed by atoms with van der Waals surface area (Å²) in [6, 6.07) is 10.1. The molecule has 3 aromatic rings. The second-order valence-corrected chi connectivity index (χ2v) is 5.22. The molecular formula is C13H11IN4. The molecule has 0 atom stereocenters. The first-order chi connectivity index (χ1) is 8.78. The maximum atomic E-state index is 5.80. The molecule has 0 amide bonds. The summed E-state index contributed by atoms with van der Waals surface area (Å²) in [5, 5.41) is 5.39. The molecule has 0 spiro atoms. The minimum Gasteiger partial charge on any atom is -0.326 e. The van der Waals surface area contributed by atoms with Crippen LogP contribution in [0.5, 0.6) is 0 Å². The predicted octanol–water partition coefficient (Wildman–Crippen LogP) is 2.48. The molecule has 0 fully saturated rings. The van der Waals surface area contributed by atoms with Crippen LogP contribution in [0.4, 0.5) is 0 Å². The zero-order chi connectivity index (χ0) is 12.5. The molecule has 4 nitrogen and oxygen atoms in total. The van der Waals surface area contributed by atoms with E-state index < -0.39 is 0 Å². The second kappa shape index (κ2) is 4.66. The fourth-order valence-corrected chi connectivity index (χ4v) is 2.30. The lowest BCUT2D eigenvalue weighted by atomic mass is 10.1. The van der Waals surface area contributed by atoms with Crippen LogP contribution in [0.1, 0.15) is 5.56 Å². The Kier molecular flexibility index (Phi) is 3.00. The van der Waals surface area contributed by atoms with Gasteiger partial charge in [0.2, 0.25) is 0 Å². The van der Waals surface area contributed by atoms with E-state index in [1.165, 1.54) is 0 Å². The Balaban J connectivity index is 2.26. The molecule has 1 aromatic carbocycles. The van der Waals surface area contributed by atoms with Crippen molar-refractivity contribution in [2.45, 2.75) is 6.54 Å². The van der Waals surface area contributed by atoms with Gasteiger partial charge in [-0.1, -0.05) is 18.2 Å². The van der Waals surface area contributed by atoms with E-state index in [4.69, 9.17) is 5.73 Å². The van der Waals surface area contributed by atoms with Crippen LogP contribution >= 0.6 is 22.6 Å². The second-order valence-electron chi connectivity index (χ2n) is 3.97. The molecule has 2 N–H and O–H groups in total. The van der Waals surface area contributed by atoms with Crippen LogP contribution in [0.25, 0.3) is 16.7 Å². The van der Waals surface area contributed by atoms with Crippen molar-refractivity contribution in [3.63, 3.8) is 0 Å². The SMILES string of the molecule is NCc1cc2ccccc2nc1-n1cc(I)cn1. The van der Waals surface area contributed by atoms with Crippen LogP contribution < -0.4 is 5.73 Å². The molecule has 0 unspecified atom stereocenters. The fraction of sp³-hybridized carbons (Fsp3) is 0.0769. The molecule has 0 radical (unpaired) electrons. The van der Waals surface area contributed by atoms with E-state index >= 15 is 0 Å². The number of benzene rings is 1. The maximum Gasteiger partial charge on any atom is 0.158 e. The van der Waals surface area contributed by atoms with Gasteiger partial charge in [-0.3, -0.25) is 0 Å². The summed E-state index contributed by atoms with van der Waals surface area (Å²) < 4.78 is 2.85. The number of halogens is 1. The van der Waals surface area contributed by atoms with Gasteiger partial charge in [0.15, 0.2) is 5.82 Å². The average molecular weight is 350 g/mol. The van der Waals surface area contributed by atoms with E-state index in [-0.39, 0.29) is 0 Å². The highest BCUT2D eigenvalue weighted by atomic mass is 127. The Morgan fingerprint density at radius 1 is 1.28 bits per heavy atom. The first kappa shape index (κ1) is 11.6. The standard InChI is InChI=1S/C13H11IN4/c14-11-7-16-18(8-11)13-10(6-15)5-9-3-1-2-4-12(9)17-13/h1-5,7-8H,6,15H2. The van der Waals surface area contributed by atoms with Crippen molar-refractivity contribution < 1.29 is 0 Å². The minimum atomic E-state index is 0.448. The molecule has 3 rings (SSSR count). The van der Waals surface area contributed by atoms with Crippen molar-refractivity contribution in [1.82, 2.24) is 14.8 Å². The average Bonchev–Trinajstić information content (AvgIpc) is 2.83. The van der Waals surface area contributed by atoms with Gasteiger partial charge in [0.25, 0.3) is 0 Å². The number of pyridine rings is 1. The van der Waals surface area contributed by atoms with E-state index in [0.29, 0.717) is 6.54 Å². The molecule has 5 heteroatoms. The lowest BCUT2D eigenvalue weighted by Gasteiger charge is -2.08. The summed E-state index contributed by atoms with van der Waals surface area (Å²) in [4.78, 5) is 4.65. The Morgan fingerprint density at radius 3 is 2.83 bits per heavy atom. The minimum absolute atomic E-state index is 0.448. The van der Waals surface area contributed by atoms with Crippen molar-refractivity contribution in [3.05, 3.63) is 51.9 Å². The number of hydrogen-bond acceptors (Lipinski definition) is 3. The third-order valence-electron chi connectivity index (χ3n) is 2.77. The smallest absolute Gasteiger partial charge is 0.158 e. The van der Waals surface area contributed by atoms with Crippen molar-refractivity contribution in [1.29, 1.82) is 0 Å². The zero-order valence-electron chi connectivity index (χ0n) is 9.55. The number of rotatable bonds is 2. The summed E-state index contributed by atoms with van der Waals surface area (Å²) in [6.07, 6.45) is 3.74. The molecule has 0 bridgehead atoms. The van der Waals surface area contributed by atoms with E-state index in [1.807, 2.05) is 30.5 Å². The lowest BCUT2D eigenvalue weighted by molar-refractivity contribution is 0.830. The normalized spacial score (nSPS) is 11.0. The summed E-state index contributed by atoms with van der Waals surface area (Å²) >= 11 is 2.23. The van der Waals surface area contributed by atoms with Gasteiger partial charge >= 0.3 is 0 Å². The van der Waals surface area contributed by atoms with Crippen LogP contribution in [0.3, 0.4) is 0 Å². The van der Waals surface area contributed by atoms with Gasteiger partial charge in [-0.15, -0.1) is 0 Å². The lowest BCUT2D eigenvalue weighted by Crippen LogP contribution is -2.07. The molecule has 90 valence electrons. The highest BCUT2D eigenvalue weighted by molar-refractivity contribution is 14.1. The summed E-state index contributed by atoms with van der Waals surface area (Å²) in [7, 11) is 0. The van der Waals surface area contributed by atoms with Crippen molar-refractivity contribution in [2.75, 3.05) is 0 Å². The van der Waals surface area contributed by atoms with Crippen molar-refractivity contribution in [3.8, 4) is 5.82 Å². The molecule has 0 saturated carbocycles. The van der Waals surface area contributed by atoms with Crippen LogP contribution in [-0.2, 0) is 6.54 Å². The number of aromatic nitrogens is 3. The third-order valence-corrected chi connectivity index (χ3v) is 3.33. The van der Waals surface area contributed by atoms with E-state index in [0.717, 1.165) is 25.9 Å². The van der Waals surface area contributed by atoms with Crippen molar-refractivity contribution in [2.24, 2.45) is 5.73 Å². The monoisotopic (exact) mass is 350 g/mol. The molecule has 0 aliphatic rings. The van der Waals surface area contributed by atoms with Gasteiger partial charge in [-0.25, -0.2) is 9.67 Å². The molecule has 18 heavy (non-hydrogen) atoms. The van der Waals surface area contributed by atoms with Gasteiger partial charge in [0.1, 0.15) is 0 Å². The maximum absolute atomic E-state index is 5.80. The number of fused-ring (bicyclic) bond motifs is 1. The molecule has 0 saturated heterocycles. The Bertz CT molecular complexity index is 705. The van der Waals surface area contributed by atoms with Crippen molar-refractivity contribution >= 4 is 33.5 Å². The fourth-order valence-electron chi connectivity index (χ4n) is 1.91. The van der Waals surface area contributed by atoms with Gasteiger partial charge in [-0.2, -0.15) is 5.10 Å². The van der Waals surface area contributed by atoms with E-state index in [9.17, 15) is 0 Å². The van der Waals surface area contributed by atoms with Gasteiger partial charge in [0.05, 0.1) is 15.3 Å². The highest BCUT2D eigenvalue weighted by Gasteiger charge is 2.08. The summed E-state index contributed by atoms with van der Waals surface area (Å²) in [5.74, 6) is 0.805. The summed E-state index contributed by atoms with van der Waals surface area (Å²) in [6.45, 7) is 0.448. The topological polar surface area (TPSA) is 56.7 Å². The van der Waals surface area contributed by atoms with E-state index in [1.54, 1.807) is 10.9 Å². The molecule has 0 aliphatic carbocycles. The van der Waals surface area contributed by atoms with E-state index in [2.05, 4.69) is 38.7 Å². The van der Waals surface area contributed by atoms with Crippen LogP contribution in [0, 0.1) is 3.57 Å². The van der Waals surface area contributed by atoms with Crippen LogP contribution in [0.15, 0.2) is 42.7 Å². The number of nitrogens with zero attached hydrogens (tertiary/aromatic N) is 3. The molecule has 2 aromatic heterocycles. The van der Waals surface area contributed by atoms with Gasteiger partial charge in [0, 0.05) is 23.7 Å². The molecule has 2 heterocycles. The van der Waals surface area contributed by atoms with Gasteiger partial charge in [-0.05, 0) is 34.7 Å².